The molecule has 1 saturated heterocycles. The molecule has 20 heavy (non-hydrogen) atoms. The van der Waals surface area contributed by atoms with Crippen molar-refractivity contribution in [3.63, 3.8) is 0 Å². The number of hydrogen-bond acceptors (Lipinski definition) is 4. The number of amides is 1. The molecule has 2 atom stereocenters. The Kier molecular flexibility index (Phi) is 4.75. The molecular formula is C14H20N2O3S. The minimum absolute atomic E-state index is 0.0135. The molecule has 1 aliphatic rings. The lowest BCUT2D eigenvalue weighted by Crippen LogP contribution is -2.47. The molecule has 0 aliphatic carbocycles. The lowest BCUT2D eigenvalue weighted by Gasteiger charge is -2.36. The van der Waals surface area contributed by atoms with Gasteiger partial charge in [-0.3, -0.25) is 9.59 Å². The average Bonchev–Trinajstić information content (AvgIpc) is 2.86. The van der Waals surface area contributed by atoms with Gasteiger partial charge in [0.25, 0.3) is 0 Å². The van der Waals surface area contributed by atoms with Crippen LogP contribution in [0.5, 0.6) is 0 Å². The summed E-state index contributed by atoms with van der Waals surface area (Å²) in [5.74, 6) is -1.25. The lowest BCUT2D eigenvalue weighted by molar-refractivity contribution is -0.146. The van der Waals surface area contributed by atoms with Crippen molar-refractivity contribution >= 4 is 23.2 Å². The first-order valence-electron chi connectivity index (χ1n) is 6.96. The molecule has 2 heterocycles. The summed E-state index contributed by atoms with van der Waals surface area (Å²) in [6, 6.07) is 0.115. The number of carboxylic acid groups (broad SMARTS) is 1. The number of hydrogen-bond donors (Lipinski definition) is 1. The summed E-state index contributed by atoms with van der Waals surface area (Å²) in [5.41, 5.74) is 1.01. The number of nitrogens with zero attached hydrogens (tertiary/aromatic N) is 2. The van der Waals surface area contributed by atoms with Gasteiger partial charge in [-0.25, -0.2) is 4.98 Å². The molecule has 6 heteroatoms. The summed E-state index contributed by atoms with van der Waals surface area (Å²) in [6.45, 7) is 4.33. The molecule has 1 aromatic rings. The Labute approximate surface area is 122 Å². The van der Waals surface area contributed by atoms with Gasteiger partial charge in [0, 0.05) is 18.0 Å². The van der Waals surface area contributed by atoms with E-state index in [1.807, 2.05) is 19.2 Å². The molecule has 2 rings (SSSR count). The maximum atomic E-state index is 12.3. The molecule has 1 amide bonds. The predicted octanol–water partition coefficient (Wildman–Crippen LogP) is 1.96. The van der Waals surface area contributed by atoms with E-state index in [-0.39, 0.29) is 18.4 Å². The third-order valence-corrected chi connectivity index (χ3v) is 4.71. The number of piperidine rings is 1. The second-order valence-electron chi connectivity index (χ2n) is 5.27. The predicted molar refractivity (Wildman–Crippen MR) is 76.7 cm³/mol. The van der Waals surface area contributed by atoms with Crippen molar-refractivity contribution in [1.29, 1.82) is 0 Å². The molecule has 0 radical (unpaired) electrons. The van der Waals surface area contributed by atoms with Gasteiger partial charge in [0.1, 0.15) is 5.01 Å². The summed E-state index contributed by atoms with van der Waals surface area (Å²) in [5, 5.41) is 11.9. The van der Waals surface area contributed by atoms with Crippen LogP contribution in [0.1, 0.15) is 37.4 Å². The van der Waals surface area contributed by atoms with Crippen LogP contribution in [0, 0.1) is 5.92 Å². The molecule has 0 saturated carbocycles. The van der Waals surface area contributed by atoms with Gasteiger partial charge in [0.2, 0.25) is 5.91 Å². The zero-order valence-electron chi connectivity index (χ0n) is 11.8. The average molecular weight is 296 g/mol. The standard InChI is InChI=1S/C14H20N2O3S/c1-3-11-8-20-12(15-11)6-13(17)16-7-10(14(18)19)5-4-9(16)2/h8-10H,3-7H2,1-2H3,(H,18,19). The quantitative estimate of drug-likeness (QED) is 0.922. The molecule has 1 aromatic heterocycles. The van der Waals surface area contributed by atoms with Crippen LogP contribution in [0.3, 0.4) is 0 Å². The van der Waals surface area contributed by atoms with Crippen molar-refractivity contribution in [1.82, 2.24) is 9.88 Å². The minimum atomic E-state index is -0.808. The molecule has 2 unspecified atom stereocenters. The Balaban J connectivity index is 2.01. The molecule has 0 aromatic carbocycles. The largest absolute Gasteiger partial charge is 0.481 e. The Bertz CT molecular complexity index is 500. The first-order chi connectivity index (χ1) is 9.51. The van der Waals surface area contributed by atoms with Crippen LogP contribution in [0.2, 0.25) is 0 Å². The summed E-state index contributed by atoms with van der Waals surface area (Å²) >= 11 is 1.50. The van der Waals surface area contributed by atoms with E-state index in [0.717, 1.165) is 23.5 Å². The van der Waals surface area contributed by atoms with E-state index in [0.29, 0.717) is 13.0 Å². The van der Waals surface area contributed by atoms with Gasteiger partial charge in [-0.05, 0) is 26.2 Å². The van der Waals surface area contributed by atoms with Crippen molar-refractivity contribution in [3.05, 3.63) is 16.1 Å². The smallest absolute Gasteiger partial charge is 0.308 e. The van der Waals surface area contributed by atoms with E-state index in [1.165, 1.54) is 11.3 Å². The van der Waals surface area contributed by atoms with Crippen LogP contribution in [0.25, 0.3) is 0 Å². The number of likely N-dealkylation sites (tertiary alicyclic amines) is 1. The van der Waals surface area contributed by atoms with E-state index in [1.54, 1.807) is 4.90 Å². The van der Waals surface area contributed by atoms with Crippen molar-refractivity contribution in [2.24, 2.45) is 5.92 Å². The molecule has 110 valence electrons. The zero-order chi connectivity index (χ0) is 14.7. The SMILES string of the molecule is CCc1csc(CC(=O)N2CC(C(=O)O)CCC2C)n1. The molecular weight excluding hydrogens is 276 g/mol. The number of carbonyl (C=O) groups is 2. The highest BCUT2D eigenvalue weighted by Crippen LogP contribution is 2.23. The highest BCUT2D eigenvalue weighted by atomic mass is 32.1. The normalized spacial score (nSPS) is 22.8. The highest BCUT2D eigenvalue weighted by Gasteiger charge is 2.32. The Hall–Kier alpha value is -1.43. The van der Waals surface area contributed by atoms with Crippen molar-refractivity contribution < 1.29 is 14.7 Å². The number of aromatic nitrogens is 1. The first kappa shape index (κ1) is 15.0. The van der Waals surface area contributed by atoms with Gasteiger partial charge >= 0.3 is 5.97 Å². The van der Waals surface area contributed by atoms with Crippen molar-refractivity contribution in [3.8, 4) is 0 Å². The van der Waals surface area contributed by atoms with Crippen LogP contribution in [0.15, 0.2) is 5.38 Å². The number of carbonyl (C=O) groups excluding carboxylic acids is 1. The van der Waals surface area contributed by atoms with Gasteiger partial charge in [-0.1, -0.05) is 6.92 Å². The van der Waals surface area contributed by atoms with Gasteiger partial charge in [0.15, 0.2) is 0 Å². The number of aliphatic carboxylic acids is 1. The molecule has 1 fully saturated rings. The summed E-state index contributed by atoms with van der Waals surface area (Å²) < 4.78 is 0. The van der Waals surface area contributed by atoms with Crippen molar-refractivity contribution in [2.45, 2.75) is 45.6 Å². The van der Waals surface area contributed by atoms with Crippen LogP contribution in [0.4, 0.5) is 0 Å². The number of aryl methyl sites for hydroxylation is 1. The molecule has 1 N–H and O–H groups in total. The van der Waals surface area contributed by atoms with E-state index < -0.39 is 11.9 Å². The highest BCUT2D eigenvalue weighted by molar-refractivity contribution is 7.09. The zero-order valence-corrected chi connectivity index (χ0v) is 12.7. The van der Waals surface area contributed by atoms with Crippen LogP contribution in [-0.4, -0.2) is 39.5 Å². The van der Waals surface area contributed by atoms with Crippen LogP contribution in [-0.2, 0) is 22.4 Å². The van der Waals surface area contributed by atoms with E-state index >= 15 is 0 Å². The third kappa shape index (κ3) is 3.36. The third-order valence-electron chi connectivity index (χ3n) is 3.82. The summed E-state index contributed by atoms with van der Waals surface area (Å²) in [6.07, 6.45) is 2.55. The van der Waals surface area contributed by atoms with E-state index in [2.05, 4.69) is 4.98 Å². The van der Waals surface area contributed by atoms with Crippen LogP contribution >= 0.6 is 11.3 Å². The molecule has 0 spiro atoms. The number of carboxylic acids is 1. The number of rotatable bonds is 4. The molecule has 5 nitrogen and oxygen atoms in total. The van der Waals surface area contributed by atoms with Crippen LogP contribution < -0.4 is 0 Å². The minimum Gasteiger partial charge on any atom is -0.481 e. The Morgan fingerprint density at radius 2 is 2.25 bits per heavy atom. The van der Waals surface area contributed by atoms with Gasteiger partial charge in [-0.15, -0.1) is 11.3 Å². The molecule has 1 aliphatic heterocycles. The van der Waals surface area contributed by atoms with Gasteiger partial charge < -0.3 is 10.0 Å². The fourth-order valence-electron chi connectivity index (χ4n) is 2.48. The Morgan fingerprint density at radius 1 is 1.50 bits per heavy atom. The van der Waals surface area contributed by atoms with Gasteiger partial charge in [0.05, 0.1) is 18.0 Å². The molecule has 0 bridgehead atoms. The maximum Gasteiger partial charge on any atom is 0.308 e. The van der Waals surface area contributed by atoms with Crippen molar-refractivity contribution in [2.75, 3.05) is 6.54 Å². The second kappa shape index (κ2) is 6.35. The topological polar surface area (TPSA) is 70.5 Å². The first-order valence-corrected chi connectivity index (χ1v) is 7.84. The monoisotopic (exact) mass is 296 g/mol. The fourth-order valence-corrected chi connectivity index (χ4v) is 3.35. The fraction of sp³-hybridized carbons (Fsp3) is 0.643. The summed E-state index contributed by atoms with van der Waals surface area (Å²) in [7, 11) is 0. The lowest BCUT2D eigenvalue weighted by atomic mass is 9.93. The summed E-state index contributed by atoms with van der Waals surface area (Å²) in [4.78, 5) is 29.5. The second-order valence-corrected chi connectivity index (χ2v) is 6.21. The van der Waals surface area contributed by atoms with E-state index in [4.69, 9.17) is 5.11 Å². The number of thiazole rings is 1. The van der Waals surface area contributed by atoms with Gasteiger partial charge in [-0.2, -0.15) is 0 Å². The maximum absolute atomic E-state index is 12.3. The van der Waals surface area contributed by atoms with E-state index in [9.17, 15) is 9.59 Å². The Morgan fingerprint density at radius 3 is 2.85 bits per heavy atom.